The van der Waals surface area contributed by atoms with Gasteiger partial charge in [-0.25, -0.2) is 0 Å². The van der Waals surface area contributed by atoms with Crippen LogP contribution in [-0.2, 0) is 22.6 Å². The zero-order chi connectivity index (χ0) is 17.3. The van der Waals surface area contributed by atoms with Crippen LogP contribution < -0.4 is 10.6 Å². The van der Waals surface area contributed by atoms with Crippen LogP contribution in [0.1, 0.15) is 36.8 Å². The summed E-state index contributed by atoms with van der Waals surface area (Å²) >= 11 is 0. The van der Waals surface area contributed by atoms with Gasteiger partial charge in [-0.2, -0.15) is 0 Å². The summed E-state index contributed by atoms with van der Waals surface area (Å²) < 4.78 is 11.3. The minimum Gasteiger partial charge on any atom is -0.381 e. The van der Waals surface area contributed by atoms with Crippen molar-refractivity contribution in [3.8, 4) is 0 Å². The summed E-state index contributed by atoms with van der Waals surface area (Å²) in [6, 6.07) is 9.07. The first kappa shape index (κ1) is 18.0. The molecule has 5 nitrogen and oxygen atoms in total. The van der Waals surface area contributed by atoms with Gasteiger partial charge in [0.2, 0.25) is 0 Å². The smallest absolute Gasteiger partial charge is 0.191 e. The Labute approximate surface area is 150 Å². The molecule has 1 aromatic carbocycles. The Morgan fingerprint density at radius 3 is 2.48 bits per heavy atom. The van der Waals surface area contributed by atoms with Gasteiger partial charge in [-0.3, -0.25) is 4.99 Å². The molecular formula is C20H29N3O2. The molecule has 1 saturated heterocycles. The molecule has 0 amide bonds. The van der Waals surface area contributed by atoms with Gasteiger partial charge >= 0.3 is 0 Å². The molecule has 25 heavy (non-hydrogen) atoms. The van der Waals surface area contributed by atoms with Crippen LogP contribution in [0, 0.1) is 0 Å². The van der Waals surface area contributed by atoms with Crippen LogP contribution in [0.2, 0.25) is 0 Å². The molecule has 0 bridgehead atoms. The highest BCUT2D eigenvalue weighted by Crippen LogP contribution is 2.14. The van der Waals surface area contributed by atoms with E-state index < -0.39 is 0 Å². The van der Waals surface area contributed by atoms with E-state index in [1.165, 1.54) is 11.1 Å². The molecule has 0 atom stereocenters. The van der Waals surface area contributed by atoms with Gasteiger partial charge in [0.25, 0.3) is 0 Å². The van der Waals surface area contributed by atoms with Gasteiger partial charge in [-0.15, -0.1) is 0 Å². The fraction of sp³-hybridized carbons (Fsp3) is 0.550. The maximum atomic E-state index is 5.97. The maximum absolute atomic E-state index is 5.97. The zero-order valence-corrected chi connectivity index (χ0v) is 15.0. The van der Waals surface area contributed by atoms with Gasteiger partial charge in [0, 0.05) is 32.8 Å². The van der Waals surface area contributed by atoms with Gasteiger partial charge in [0.15, 0.2) is 5.96 Å². The second kappa shape index (κ2) is 9.59. The van der Waals surface area contributed by atoms with Crippen molar-refractivity contribution < 1.29 is 9.47 Å². The van der Waals surface area contributed by atoms with Crippen molar-refractivity contribution in [2.24, 2.45) is 4.99 Å². The largest absolute Gasteiger partial charge is 0.381 e. The summed E-state index contributed by atoms with van der Waals surface area (Å²) in [6.45, 7) is 3.08. The Morgan fingerprint density at radius 2 is 1.80 bits per heavy atom. The third-order valence-electron chi connectivity index (χ3n) is 4.71. The van der Waals surface area contributed by atoms with E-state index in [1.807, 2.05) is 7.05 Å². The summed E-state index contributed by atoms with van der Waals surface area (Å²) in [5, 5.41) is 6.83. The first-order valence-electron chi connectivity index (χ1n) is 9.23. The SMILES string of the molecule is CN=C(NCc1ccc(COC2CCOCC2)cc1)NC1CC=CC1. The Kier molecular flexibility index (Phi) is 6.89. The Morgan fingerprint density at radius 1 is 1.12 bits per heavy atom. The van der Waals surface area contributed by atoms with E-state index in [-0.39, 0.29) is 0 Å². The fourth-order valence-corrected chi connectivity index (χ4v) is 3.12. The molecule has 1 fully saturated rings. The van der Waals surface area contributed by atoms with Crippen molar-refractivity contribution in [3.05, 3.63) is 47.5 Å². The van der Waals surface area contributed by atoms with Gasteiger partial charge in [-0.05, 0) is 36.8 Å². The molecule has 3 rings (SSSR count). The topological polar surface area (TPSA) is 54.9 Å². The summed E-state index contributed by atoms with van der Waals surface area (Å²) in [5.74, 6) is 0.862. The lowest BCUT2D eigenvalue weighted by Gasteiger charge is -2.22. The lowest BCUT2D eigenvalue weighted by molar-refractivity contribution is -0.0390. The molecule has 0 saturated carbocycles. The number of aliphatic imine (C=N–C) groups is 1. The highest BCUT2D eigenvalue weighted by molar-refractivity contribution is 5.80. The summed E-state index contributed by atoms with van der Waals surface area (Å²) in [6.07, 6.45) is 8.92. The number of hydrogen-bond donors (Lipinski definition) is 2. The van der Waals surface area contributed by atoms with Crippen molar-refractivity contribution in [2.75, 3.05) is 20.3 Å². The van der Waals surface area contributed by atoms with Crippen molar-refractivity contribution in [2.45, 2.75) is 51.0 Å². The molecule has 1 aliphatic carbocycles. The zero-order valence-electron chi connectivity index (χ0n) is 15.0. The first-order valence-corrected chi connectivity index (χ1v) is 9.23. The van der Waals surface area contributed by atoms with Crippen molar-refractivity contribution in [1.82, 2.24) is 10.6 Å². The van der Waals surface area contributed by atoms with E-state index in [1.54, 1.807) is 0 Å². The number of rotatable bonds is 6. The van der Waals surface area contributed by atoms with Crippen LogP contribution in [-0.4, -0.2) is 38.4 Å². The third kappa shape index (κ3) is 5.87. The van der Waals surface area contributed by atoms with E-state index in [2.05, 4.69) is 52.0 Å². The highest BCUT2D eigenvalue weighted by atomic mass is 16.5. The third-order valence-corrected chi connectivity index (χ3v) is 4.71. The Bertz CT molecular complexity index is 569. The molecule has 0 unspecified atom stereocenters. The standard InChI is InChI=1S/C20H29N3O2/c1-21-20(23-18-4-2-3-5-18)22-14-16-6-8-17(9-7-16)15-25-19-10-12-24-13-11-19/h2-3,6-9,18-19H,4-5,10-15H2,1H3,(H2,21,22,23). The molecular weight excluding hydrogens is 314 g/mol. The van der Waals surface area contributed by atoms with E-state index in [0.29, 0.717) is 18.8 Å². The van der Waals surface area contributed by atoms with E-state index >= 15 is 0 Å². The molecule has 136 valence electrons. The van der Waals surface area contributed by atoms with Crippen molar-refractivity contribution >= 4 is 5.96 Å². The molecule has 2 aliphatic rings. The normalized spacial score (nSPS) is 19.3. The van der Waals surface area contributed by atoms with Crippen molar-refractivity contribution in [3.63, 3.8) is 0 Å². The maximum Gasteiger partial charge on any atom is 0.191 e. The van der Waals surface area contributed by atoms with E-state index in [4.69, 9.17) is 9.47 Å². The molecule has 0 radical (unpaired) electrons. The van der Waals surface area contributed by atoms with Crippen LogP contribution in [0.5, 0.6) is 0 Å². The highest BCUT2D eigenvalue weighted by Gasteiger charge is 2.14. The molecule has 5 heteroatoms. The molecule has 1 aromatic rings. The van der Waals surface area contributed by atoms with Crippen LogP contribution in [0.25, 0.3) is 0 Å². The van der Waals surface area contributed by atoms with E-state index in [9.17, 15) is 0 Å². The lowest BCUT2D eigenvalue weighted by atomic mass is 10.1. The predicted molar refractivity (Wildman–Crippen MR) is 101 cm³/mol. The number of benzene rings is 1. The quantitative estimate of drug-likeness (QED) is 0.474. The molecule has 2 N–H and O–H groups in total. The second-order valence-corrected chi connectivity index (χ2v) is 6.65. The van der Waals surface area contributed by atoms with Crippen LogP contribution >= 0.6 is 0 Å². The van der Waals surface area contributed by atoms with Gasteiger partial charge < -0.3 is 20.1 Å². The first-order chi connectivity index (χ1) is 12.3. The average molecular weight is 343 g/mol. The molecule has 0 spiro atoms. The van der Waals surface area contributed by atoms with Gasteiger partial charge in [-0.1, -0.05) is 36.4 Å². The Hall–Kier alpha value is -1.85. The van der Waals surface area contributed by atoms with E-state index in [0.717, 1.165) is 51.4 Å². The molecule has 1 heterocycles. The second-order valence-electron chi connectivity index (χ2n) is 6.65. The molecule has 1 aliphatic heterocycles. The average Bonchev–Trinajstić information content (AvgIpc) is 3.18. The monoisotopic (exact) mass is 343 g/mol. The number of nitrogens with one attached hydrogen (secondary N) is 2. The van der Waals surface area contributed by atoms with Crippen LogP contribution in [0.4, 0.5) is 0 Å². The fourth-order valence-electron chi connectivity index (χ4n) is 3.12. The molecule has 0 aromatic heterocycles. The minimum atomic E-state index is 0.342. The number of nitrogens with zero attached hydrogens (tertiary/aromatic N) is 1. The number of ether oxygens (including phenoxy) is 2. The lowest BCUT2D eigenvalue weighted by Crippen LogP contribution is -2.42. The van der Waals surface area contributed by atoms with Gasteiger partial charge in [0.05, 0.1) is 12.7 Å². The van der Waals surface area contributed by atoms with Gasteiger partial charge in [0.1, 0.15) is 0 Å². The summed E-state index contributed by atoms with van der Waals surface area (Å²) in [7, 11) is 1.81. The Balaban J connectivity index is 1.40. The van der Waals surface area contributed by atoms with Crippen molar-refractivity contribution in [1.29, 1.82) is 0 Å². The summed E-state index contributed by atoms with van der Waals surface area (Å²) in [5.41, 5.74) is 2.46. The van der Waals surface area contributed by atoms with Crippen LogP contribution in [0.3, 0.4) is 0 Å². The summed E-state index contributed by atoms with van der Waals surface area (Å²) in [4.78, 5) is 4.30. The number of guanidine groups is 1. The number of hydrogen-bond acceptors (Lipinski definition) is 3. The minimum absolute atomic E-state index is 0.342. The van der Waals surface area contributed by atoms with Crippen LogP contribution in [0.15, 0.2) is 41.4 Å². The predicted octanol–water partition coefficient (Wildman–Crippen LogP) is 2.77.